The highest BCUT2D eigenvalue weighted by molar-refractivity contribution is 6.29. The van der Waals surface area contributed by atoms with E-state index in [2.05, 4.69) is 20.6 Å². The number of aromatic nitrogens is 2. The minimum atomic E-state index is -4.52. The first-order valence-corrected chi connectivity index (χ1v) is 10.4. The molecule has 0 aliphatic carbocycles. The second-order valence-corrected chi connectivity index (χ2v) is 7.77. The van der Waals surface area contributed by atoms with E-state index in [4.69, 9.17) is 16.3 Å². The molecule has 0 spiro atoms. The van der Waals surface area contributed by atoms with Crippen molar-refractivity contribution >= 4 is 29.0 Å². The topological polar surface area (TPSA) is 79.4 Å². The minimum absolute atomic E-state index is 0.0489. The first-order valence-electron chi connectivity index (χ1n) is 10.0. The number of alkyl halides is 3. The van der Waals surface area contributed by atoms with Gasteiger partial charge in [0.25, 0.3) is 0 Å². The van der Waals surface area contributed by atoms with Crippen molar-refractivity contribution in [2.45, 2.75) is 19.1 Å². The van der Waals surface area contributed by atoms with Crippen molar-refractivity contribution in [2.24, 2.45) is 0 Å². The number of rotatable bonds is 6. The van der Waals surface area contributed by atoms with E-state index >= 15 is 0 Å². The number of ether oxygens (including phenoxy) is 1. The second-order valence-electron chi connectivity index (χ2n) is 7.38. The van der Waals surface area contributed by atoms with Crippen molar-refractivity contribution in [3.05, 3.63) is 71.1 Å². The van der Waals surface area contributed by atoms with Gasteiger partial charge in [-0.15, -0.1) is 0 Å². The molecule has 0 radical (unpaired) electrons. The summed E-state index contributed by atoms with van der Waals surface area (Å²) in [5, 5.41) is 5.25. The smallest absolute Gasteiger partial charge is 0.416 e. The molecule has 4 rings (SSSR count). The van der Waals surface area contributed by atoms with Gasteiger partial charge in [0.15, 0.2) is 0 Å². The predicted octanol–water partition coefficient (Wildman–Crippen LogP) is 5.79. The average molecular weight is 478 g/mol. The summed E-state index contributed by atoms with van der Waals surface area (Å²) >= 11 is 5.78. The third kappa shape index (κ3) is 6.11. The highest BCUT2D eigenvalue weighted by atomic mass is 35.5. The van der Waals surface area contributed by atoms with Crippen molar-refractivity contribution < 1.29 is 22.7 Å². The van der Waals surface area contributed by atoms with Gasteiger partial charge in [-0.1, -0.05) is 17.7 Å². The Kier molecular flexibility index (Phi) is 6.66. The van der Waals surface area contributed by atoms with Crippen LogP contribution in [0.5, 0.6) is 11.6 Å². The van der Waals surface area contributed by atoms with E-state index in [0.29, 0.717) is 11.4 Å². The number of likely N-dealkylation sites (tertiary alicyclic amines) is 1. The van der Waals surface area contributed by atoms with Crippen LogP contribution in [0.25, 0.3) is 0 Å². The average Bonchev–Trinajstić information content (AvgIpc) is 2.72. The summed E-state index contributed by atoms with van der Waals surface area (Å²) in [6.07, 6.45) is -2.26. The maximum atomic E-state index is 13.5. The first-order chi connectivity index (χ1) is 15.8. The fourth-order valence-electron chi connectivity index (χ4n) is 3.23. The van der Waals surface area contributed by atoms with Gasteiger partial charge in [-0.3, -0.25) is 4.90 Å². The quantitative estimate of drug-likeness (QED) is 0.439. The van der Waals surface area contributed by atoms with Crippen LogP contribution in [-0.2, 0) is 12.7 Å². The Morgan fingerprint density at radius 1 is 1.03 bits per heavy atom. The molecular formula is C22H19ClF3N5O2. The lowest BCUT2D eigenvalue weighted by Gasteiger charge is -2.31. The lowest BCUT2D eigenvalue weighted by atomic mass is 10.0. The molecule has 1 saturated heterocycles. The molecule has 33 heavy (non-hydrogen) atoms. The molecule has 1 fully saturated rings. The molecule has 0 atom stereocenters. The van der Waals surface area contributed by atoms with Crippen molar-refractivity contribution in [1.82, 2.24) is 14.9 Å². The fourth-order valence-corrected chi connectivity index (χ4v) is 3.37. The number of amides is 2. The molecule has 2 N–H and O–H groups in total. The van der Waals surface area contributed by atoms with Crippen molar-refractivity contribution in [3.63, 3.8) is 0 Å². The Bertz CT molecular complexity index is 1140. The molecule has 11 heteroatoms. The Hall–Kier alpha value is -3.37. The molecule has 2 heterocycles. The number of hydrogen-bond donors (Lipinski definition) is 2. The summed E-state index contributed by atoms with van der Waals surface area (Å²) in [6.45, 7) is 1.81. The van der Waals surface area contributed by atoms with Crippen LogP contribution in [0.15, 0.2) is 54.9 Å². The van der Waals surface area contributed by atoms with Crippen molar-refractivity contribution in [1.29, 1.82) is 0 Å². The maximum absolute atomic E-state index is 13.5. The predicted molar refractivity (Wildman–Crippen MR) is 118 cm³/mol. The molecule has 2 aromatic carbocycles. The highest BCUT2D eigenvalue weighted by Gasteiger charge is 2.34. The molecule has 1 aromatic heterocycles. The number of urea groups is 1. The zero-order valence-corrected chi connectivity index (χ0v) is 18.0. The first kappa shape index (κ1) is 22.8. The number of nitrogens with zero attached hydrogens (tertiary/aromatic N) is 3. The standard InChI is InChI=1S/C22H19ClF3N5O2/c23-19-11-20(28-13-27-19)33-17-6-4-15(5-7-17)29-21(32)30-16-3-2-14(12-31-8-1-9-31)18(10-16)22(24,25)26/h2-7,10-11,13H,1,8-9,12H2,(H2,29,30,32). The Labute approximate surface area is 192 Å². The third-order valence-corrected chi connectivity index (χ3v) is 5.17. The number of nitrogens with one attached hydrogen (secondary N) is 2. The van der Waals surface area contributed by atoms with E-state index < -0.39 is 17.8 Å². The van der Waals surface area contributed by atoms with E-state index in [1.165, 1.54) is 24.5 Å². The molecule has 0 unspecified atom stereocenters. The van der Waals surface area contributed by atoms with E-state index in [0.717, 1.165) is 25.6 Å². The van der Waals surface area contributed by atoms with Crippen LogP contribution in [-0.4, -0.2) is 34.0 Å². The van der Waals surface area contributed by atoms with Crippen LogP contribution in [0.1, 0.15) is 17.5 Å². The second kappa shape index (κ2) is 9.63. The summed E-state index contributed by atoms with van der Waals surface area (Å²) in [6, 6.07) is 11.0. The van der Waals surface area contributed by atoms with E-state index in [1.807, 2.05) is 4.90 Å². The Morgan fingerprint density at radius 3 is 2.36 bits per heavy atom. The van der Waals surface area contributed by atoms with Crippen LogP contribution < -0.4 is 15.4 Å². The third-order valence-electron chi connectivity index (χ3n) is 4.96. The zero-order chi connectivity index (χ0) is 23.4. The van der Waals surface area contributed by atoms with Crippen molar-refractivity contribution in [3.8, 4) is 11.6 Å². The molecule has 3 aromatic rings. The lowest BCUT2D eigenvalue weighted by molar-refractivity contribution is -0.138. The Balaban J connectivity index is 1.38. The number of hydrogen-bond acceptors (Lipinski definition) is 5. The number of anilines is 2. The summed E-state index contributed by atoms with van der Waals surface area (Å²) < 4.78 is 46.1. The van der Waals surface area contributed by atoms with E-state index in [9.17, 15) is 18.0 Å². The van der Waals surface area contributed by atoms with Gasteiger partial charge in [-0.05, 0) is 61.5 Å². The molecule has 0 bridgehead atoms. The van der Waals surface area contributed by atoms with Gasteiger partial charge in [0.1, 0.15) is 17.2 Å². The van der Waals surface area contributed by atoms with E-state index in [-0.39, 0.29) is 28.8 Å². The molecule has 1 aliphatic rings. The van der Waals surface area contributed by atoms with Gasteiger partial charge in [0.2, 0.25) is 5.88 Å². The van der Waals surface area contributed by atoms with Crippen molar-refractivity contribution in [2.75, 3.05) is 23.7 Å². The molecule has 0 saturated carbocycles. The van der Waals surface area contributed by atoms with Gasteiger partial charge in [0, 0.05) is 24.0 Å². The molecule has 7 nitrogen and oxygen atoms in total. The number of halogens is 4. The van der Waals surface area contributed by atoms with Gasteiger partial charge >= 0.3 is 12.2 Å². The normalized spacial score (nSPS) is 13.8. The largest absolute Gasteiger partial charge is 0.439 e. The lowest BCUT2D eigenvalue weighted by Crippen LogP contribution is -2.36. The summed E-state index contributed by atoms with van der Waals surface area (Å²) in [5.41, 5.74) is -0.0916. The van der Waals surface area contributed by atoms with Crippen LogP contribution >= 0.6 is 11.6 Å². The highest BCUT2D eigenvalue weighted by Crippen LogP contribution is 2.35. The minimum Gasteiger partial charge on any atom is -0.439 e. The van der Waals surface area contributed by atoms with Crippen LogP contribution in [0, 0.1) is 0 Å². The summed E-state index contributed by atoms with van der Waals surface area (Å²) in [7, 11) is 0. The maximum Gasteiger partial charge on any atom is 0.416 e. The fraction of sp³-hybridized carbons (Fsp3) is 0.227. The zero-order valence-electron chi connectivity index (χ0n) is 17.2. The SMILES string of the molecule is O=C(Nc1ccc(Oc2cc(Cl)ncn2)cc1)Nc1ccc(CN2CCC2)c(C(F)(F)F)c1. The van der Waals surface area contributed by atoms with Gasteiger partial charge in [-0.2, -0.15) is 13.2 Å². The van der Waals surface area contributed by atoms with Crippen LogP contribution in [0.2, 0.25) is 5.15 Å². The van der Waals surface area contributed by atoms with Gasteiger partial charge in [0.05, 0.1) is 5.56 Å². The van der Waals surface area contributed by atoms with E-state index in [1.54, 1.807) is 24.3 Å². The van der Waals surface area contributed by atoms with Gasteiger partial charge < -0.3 is 15.4 Å². The van der Waals surface area contributed by atoms with Gasteiger partial charge in [-0.25, -0.2) is 14.8 Å². The van der Waals surface area contributed by atoms with Crippen LogP contribution in [0.4, 0.5) is 29.3 Å². The summed E-state index contributed by atoms with van der Waals surface area (Å²) in [4.78, 5) is 21.9. The Morgan fingerprint density at radius 2 is 1.73 bits per heavy atom. The molecule has 172 valence electrons. The number of carbonyl (C=O) groups is 1. The summed E-state index contributed by atoms with van der Waals surface area (Å²) in [5.74, 6) is 0.704. The molecule has 1 aliphatic heterocycles. The number of benzene rings is 2. The van der Waals surface area contributed by atoms with Crippen LogP contribution in [0.3, 0.4) is 0 Å². The molecular weight excluding hydrogens is 459 g/mol. The molecule has 2 amide bonds. The number of carbonyl (C=O) groups excluding carboxylic acids is 1. The monoisotopic (exact) mass is 477 g/mol.